The molecule has 0 saturated carbocycles. The van der Waals surface area contributed by atoms with Crippen LogP contribution < -0.4 is 4.74 Å². The third kappa shape index (κ3) is 2.22. The van der Waals surface area contributed by atoms with Crippen LogP contribution >= 0.6 is 11.7 Å². The Hall–Kier alpha value is -1.49. The average Bonchev–Trinajstić information content (AvgIpc) is 2.69. The van der Waals surface area contributed by atoms with Crippen LogP contribution in [0, 0.1) is 0 Å². The first-order valence-electron chi connectivity index (χ1n) is 3.74. The fourth-order valence-corrected chi connectivity index (χ4v) is 1.22. The van der Waals surface area contributed by atoms with Crippen LogP contribution in [0.2, 0.25) is 0 Å². The second-order valence-electron chi connectivity index (χ2n) is 2.39. The molecule has 2 rings (SSSR count). The molecule has 4 nitrogen and oxygen atoms in total. The lowest BCUT2D eigenvalue weighted by Gasteiger charge is -2.00. The van der Waals surface area contributed by atoms with E-state index in [9.17, 15) is 0 Å². The minimum atomic E-state index is 0.508. The molecule has 5 heteroatoms. The van der Waals surface area contributed by atoms with Crippen molar-refractivity contribution >= 4 is 11.7 Å². The van der Waals surface area contributed by atoms with Crippen molar-refractivity contribution in [3.8, 4) is 5.88 Å². The zero-order valence-electron chi connectivity index (χ0n) is 6.75. The van der Waals surface area contributed by atoms with Gasteiger partial charge in [0.1, 0.15) is 12.8 Å². The molecule has 0 spiro atoms. The Morgan fingerprint density at radius 2 is 2.15 bits per heavy atom. The number of rotatable bonds is 3. The summed E-state index contributed by atoms with van der Waals surface area (Å²) in [7, 11) is 0. The van der Waals surface area contributed by atoms with E-state index in [1.807, 2.05) is 12.1 Å². The fourth-order valence-electron chi connectivity index (χ4n) is 0.856. The van der Waals surface area contributed by atoms with Gasteiger partial charge in [-0.05, 0) is 17.7 Å². The number of ether oxygens (including phenoxy) is 1. The maximum absolute atomic E-state index is 5.34. The monoisotopic (exact) mass is 193 g/mol. The van der Waals surface area contributed by atoms with Crippen molar-refractivity contribution in [2.75, 3.05) is 0 Å². The summed E-state index contributed by atoms with van der Waals surface area (Å²) in [5.41, 5.74) is 1.07. The highest BCUT2D eigenvalue weighted by atomic mass is 32.1. The average molecular weight is 193 g/mol. The molecular weight excluding hydrogens is 186 g/mol. The van der Waals surface area contributed by atoms with E-state index in [2.05, 4.69) is 13.7 Å². The predicted octanol–water partition coefficient (Wildman–Crippen LogP) is 1.51. The predicted molar refractivity (Wildman–Crippen MR) is 48.5 cm³/mol. The third-order valence-corrected chi connectivity index (χ3v) is 1.94. The molecule has 0 fully saturated rings. The van der Waals surface area contributed by atoms with Crippen molar-refractivity contribution in [2.24, 2.45) is 0 Å². The van der Waals surface area contributed by atoms with Gasteiger partial charge in [-0.1, -0.05) is 0 Å². The van der Waals surface area contributed by atoms with Crippen molar-refractivity contribution < 1.29 is 4.74 Å². The van der Waals surface area contributed by atoms with Crippen molar-refractivity contribution in [1.82, 2.24) is 13.7 Å². The van der Waals surface area contributed by atoms with Crippen molar-refractivity contribution in [3.63, 3.8) is 0 Å². The van der Waals surface area contributed by atoms with Crippen LogP contribution in [0.5, 0.6) is 5.88 Å². The number of hydrogen-bond donors (Lipinski definition) is 0. The summed E-state index contributed by atoms with van der Waals surface area (Å²) in [6.45, 7) is 0.508. The molecule has 13 heavy (non-hydrogen) atoms. The van der Waals surface area contributed by atoms with Crippen molar-refractivity contribution in [1.29, 1.82) is 0 Å². The topological polar surface area (TPSA) is 47.9 Å². The summed E-state index contributed by atoms with van der Waals surface area (Å²) in [5.74, 6) is 0.571. The molecule has 0 aromatic carbocycles. The summed E-state index contributed by atoms with van der Waals surface area (Å²) in [6, 6.07) is 3.81. The van der Waals surface area contributed by atoms with Gasteiger partial charge in [0.25, 0.3) is 0 Å². The molecule has 0 radical (unpaired) electrons. The summed E-state index contributed by atoms with van der Waals surface area (Å²) in [6.07, 6.45) is 5.07. The van der Waals surface area contributed by atoms with E-state index in [1.54, 1.807) is 18.6 Å². The van der Waals surface area contributed by atoms with Crippen LogP contribution in [0.4, 0.5) is 0 Å². The molecule has 0 aliphatic heterocycles. The standard InChI is InChI=1S/C8H7N3OS/c1-3-9-4-2-7(1)6-12-8-5-10-13-11-8/h1-5H,6H2. The highest BCUT2D eigenvalue weighted by Crippen LogP contribution is 2.08. The maximum Gasteiger partial charge on any atom is 0.246 e. The van der Waals surface area contributed by atoms with Gasteiger partial charge in [0.15, 0.2) is 0 Å². The quantitative estimate of drug-likeness (QED) is 0.741. The maximum atomic E-state index is 5.34. The van der Waals surface area contributed by atoms with Gasteiger partial charge in [0.2, 0.25) is 5.88 Å². The first-order valence-corrected chi connectivity index (χ1v) is 4.47. The molecule has 0 atom stereocenters. The summed E-state index contributed by atoms with van der Waals surface area (Å²) >= 11 is 1.14. The SMILES string of the molecule is c1cc(COc2cnsn2)ccn1. The molecule has 2 aromatic heterocycles. The van der Waals surface area contributed by atoms with E-state index < -0.39 is 0 Å². The van der Waals surface area contributed by atoms with Gasteiger partial charge in [-0.3, -0.25) is 4.98 Å². The van der Waals surface area contributed by atoms with E-state index >= 15 is 0 Å². The number of pyridine rings is 1. The summed E-state index contributed by atoms with van der Waals surface area (Å²) in [5, 5.41) is 0. The highest BCUT2D eigenvalue weighted by Gasteiger charge is 1.96. The molecule has 0 N–H and O–H groups in total. The van der Waals surface area contributed by atoms with Gasteiger partial charge < -0.3 is 4.74 Å². The van der Waals surface area contributed by atoms with E-state index in [0.29, 0.717) is 12.5 Å². The summed E-state index contributed by atoms with van der Waals surface area (Å²) in [4.78, 5) is 3.91. The first kappa shape index (κ1) is 8.12. The lowest BCUT2D eigenvalue weighted by Crippen LogP contribution is -1.94. The Balaban J connectivity index is 1.94. The zero-order chi connectivity index (χ0) is 8.93. The number of hydrogen-bond acceptors (Lipinski definition) is 5. The lowest BCUT2D eigenvalue weighted by atomic mass is 10.3. The molecule has 0 amide bonds. The van der Waals surface area contributed by atoms with Gasteiger partial charge in [-0.15, -0.1) is 4.37 Å². The second-order valence-corrected chi connectivity index (χ2v) is 2.95. The molecule has 0 aliphatic carbocycles. The Morgan fingerprint density at radius 3 is 2.85 bits per heavy atom. The lowest BCUT2D eigenvalue weighted by molar-refractivity contribution is 0.296. The minimum Gasteiger partial charge on any atom is -0.471 e. The minimum absolute atomic E-state index is 0.508. The van der Waals surface area contributed by atoms with Gasteiger partial charge in [0.05, 0.1) is 11.7 Å². The molecule has 0 saturated heterocycles. The molecule has 0 bridgehead atoms. The summed E-state index contributed by atoms with van der Waals surface area (Å²) < 4.78 is 13.1. The van der Waals surface area contributed by atoms with Crippen LogP contribution in [-0.2, 0) is 6.61 Å². The van der Waals surface area contributed by atoms with Crippen LogP contribution in [0.15, 0.2) is 30.7 Å². The Bertz CT molecular complexity index is 349. The van der Waals surface area contributed by atoms with Crippen LogP contribution in [0.25, 0.3) is 0 Å². The van der Waals surface area contributed by atoms with Gasteiger partial charge in [-0.2, -0.15) is 4.37 Å². The van der Waals surface area contributed by atoms with E-state index in [0.717, 1.165) is 17.3 Å². The molecule has 66 valence electrons. The van der Waals surface area contributed by atoms with Crippen LogP contribution in [-0.4, -0.2) is 13.7 Å². The van der Waals surface area contributed by atoms with E-state index in [1.165, 1.54) is 0 Å². The van der Waals surface area contributed by atoms with Crippen LogP contribution in [0.3, 0.4) is 0 Å². The Kier molecular flexibility index (Phi) is 2.47. The van der Waals surface area contributed by atoms with Gasteiger partial charge >= 0.3 is 0 Å². The first-order chi connectivity index (χ1) is 6.45. The molecule has 2 aromatic rings. The Labute approximate surface area is 79.5 Å². The number of nitrogens with zero attached hydrogens (tertiary/aromatic N) is 3. The van der Waals surface area contributed by atoms with Gasteiger partial charge in [0, 0.05) is 12.4 Å². The zero-order valence-corrected chi connectivity index (χ0v) is 7.57. The number of aromatic nitrogens is 3. The second kappa shape index (κ2) is 3.95. The van der Waals surface area contributed by atoms with Gasteiger partial charge in [-0.25, -0.2) is 0 Å². The molecule has 2 heterocycles. The van der Waals surface area contributed by atoms with Crippen LogP contribution in [0.1, 0.15) is 5.56 Å². The fraction of sp³-hybridized carbons (Fsp3) is 0.125. The Morgan fingerprint density at radius 1 is 1.31 bits per heavy atom. The molecular formula is C8H7N3OS. The highest BCUT2D eigenvalue weighted by molar-refractivity contribution is 6.99. The van der Waals surface area contributed by atoms with Crippen molar-refractivity contribution in [3.05, 3.63) is 36.3 Å². The third-order valence-electron chi connectivity index (χ3n) is 1.48. The van der Waals surface area contributed by atoms with E-state index in [-0.39, 0.29) is 0 Å². The smallest absolute Gasteiger partial charge is 0.246 e. The van der Waals surface area contributed by atoms with Crippen molar-refractivity contribution in [2.45, 2.75) is 6.61 Å². The molecule has 0 unspecified atom stereocenters. The van der Waals surface area contributed by atoms with E-state index in [4.69, 9.17) is 4.74 Å². The normalized spacial score (nSPS) is 9.85. The molecule has 0 aliphatic rings. The largest absolute Gasteiger partial charge is 0.471 e.